The van der Waals surface area contributed by atoms with Gasteiger partial charge in [0.05, 0.1) is 17.6 Å². The first-order chi connectivity index (χ1) is 8.15. The van der Waals surface area contributed by atoms with Gasteiger partial charge in [0.1, 0.15) is 0 Å². The number of amides is 1. The summed E-state index contributed by atoms with van der Waals surface area (Å²) in [4.78, 5) is 16.9. The lowest BCUT2D eigenvalue weighted by Crippen LogP contribution is -2.14. The van der Waals surface area contributed by atoms with E-state index in [-0.39, 0.29) is 5.91 Å². The Morgan fingerprint density at radius 1 is 1.53 bits per heavy atom. The number of hydrogen-bond donors (Lipinski definition) is 1. The molecule has 1 heterocycles. The number of aryl methyl sites for hydroxylation is 1. The van der Waals surface area contributed by atoms with Gasteiger partial charge in [0.25, 0.3) is 0 Å². The van der Waals surface area contributed by atoms with E-state index in [1.807, 2.05) is 13.0 Å². The Labute approximate surface area is 108 Å². The molecule has 0 spiro atoms. The molecule has 0 saturated heterocycles. The average molecular weight is 267 g/mol. The third kappa shape index (κ3) is 3.28. The Morgan fingerprint density at radius 2 is 2.35 bits per heavy atom. The van der Waals surface area contributed by atoms with Crippen LogP contribution < -0.4 is 5.32 Å². The summed E-state index contributed by atoms with van der Waals surface area (Å²) in [5.41, 5.74) is 3.37. The zero-order valence-corrected chi connectivity index (χ0v) is 10.8. The minimum Gasteiger partial charge on any atom is -0.326 e. The Hall–Kier alpha value is -1.39. The van der Waals surface area contributed by atoms with E-state index in [4.69, 9.17) is 11.6 Å². The van der Waals surface area contributed by atoms with Gasteiger partial charge < -0.3 is 5.32 Å². The molecular weight excluding hydrogens is 256 g/mol. The predicted molar refractivity (Wildman–Crippen MR) is 70.6 cm³/mol. The molecule has 0 aliphatic rings. The molecule has 0 fully saturated rings. The second-order valence-corrected chi connectivity index (χ2v) is 4.97. The number of thiazole rings is 1. The Balaban J connectivity index is 2.01. The van der Waals surface area contributed by atoms with E-state index >= 15 is 0 Å². The average Bonchev–Trinajstić information content (AvgIpc) is 2.64. The van der Waals surface area contributed by atoms with E-state index in [0.29, 0.717) is 17.1 Å². The van der Waals surface area contributed by atoms with Gasteiger partial charge in [-0.1, -0.05) is 17.7 Å². The van der Waals surface area contributed by atoms with Crippen LogP contribution >= 0.6 is 22.9 Å². The lowest BCUT2D eigenvalue weighted by molar-refractivity contribution is -0.115. The van der Waals surface area contributed by atoms with Crippen LogP contribution in [0.15, 0.2) is 29.8 Å². The molecule has 2 rings (SSSR count). The summed E-state index contributed by atoms with van der Waals surface area (Å²) >= 11 is 7.33. The first-order valence-corrected chi connectivity index (χ1v) is 6.35. The number of carbonyl (C=O) groups excluding carboxylic acids is 1. The van der Waals surface area contributed by atoms with Crippen molar-refractivity contribution in [2.24, 2.45) is 0 Å². The summed E-state index contributed by atoms with van der Waals surface area (Å²) in [6.07, 6.45) is 0.350. The molecule has 1 aromatic carbocycles. The number of carbonyl (C=O) groups is 1. The van der Waals surface area contributed by atoms with Crippen molar-refractivity contribution in [3.63, 3.8) is 0 Å². The summed E-state index contributed by atoms with van der Waals surface area (Å²) in [7, 11) is 0. The summed E-state index contributed by atoms with van der Waals surface area (Å²) < 4.78 is 0. The second kappa shape index (κ2) is 5.29. The highest BCUT2D eigenvalue weighted by Crippen LogP contribution is 2.17. The van der Waals surface area contributed by atoms with Crippen LogP contribution in [-0.2, 0) is 11.2 Å². The topological polar surface area (TPSA) is 42.0 Å². The van der Waals surface area contributed by atoms with Crippen LogP contribution in [0.4, 0.5) is 5.69 Å². The maximum atomic E-state index is 11.8. The molecule has 1 aromatic heterocycles. The van der Waals surface area contributed by atoms with Crippen LogP contribution in [0.1, 0.15) is 10.6 Å². The standard InChI is InChI=1S/C12H11ClN2OS/c1-8-11(17-7-14-8)6-12(16)15-10-4-2-3-9(13)5-10/h2-5,7H,6H2,1H3,(H,15,16). The highest BCUT2D eigenvalue weighted by Gasteiger charge is 2.08. The molecule has 0 bridgehead atoms. The molecule has 88 valence electrons. The van der Waals surface area contributed by atoms with Gasteiger partial charge in [-0.25, -0.2) is 4.98 Å². The number of nitrogens with zero attached hydrogens (tertiary/aromatic N) is 1. The van der Waals surface area contributed by atoms with Crippen LogP contribution in [-0.4, -0.2) is 10.9 Å². The van der Waals surface area contributed by atoms with Gasteiger partial charge in [-0.2, -0.15) is 0 Å². The largest absolute Gasteiger partial charge is 0.326 e. The summed E-state index contributed by atoms with van der Waals surface area (Å²) in [6, 6.07) is 7.10. The summed E-state index contributed by atoms with van der Waals surface area (Å²) in [6.45, 7) is 1.90. The van der Waals surface area contributed by atoms with Crippen molar-refractivity contribution in [3.05, 3.63) is 45.4 Å². The number of anilines is 1. The minimum atomic E-state index is -0.0559. The van der Waals surface area contributed by atoms with Crippen molar-refractivity contribution in [1.82, 2.24) is 4.98 Å². The number of benzene rings is 1. The predicted octanol–water partition coefficient (Wildman–Crippen LogP) is 3.29. The van der Waals surface area contributed by atoms with Gasteiger partial charge >= 0.3 is 0 Å². The fourth-order valence-electron chi connectivity index (χ4n) is 1.41. The fraction of sp³-hybridized carbons (Fsp3) is 0.167. The maximum absolute atomic E-state index is 11.8. The van der Waals surface area contributed by atoms with Gasteiger partial charge in [-0.15, -0.1) is 11.3 Å². The normalized spacial score (nSPS) is 10.2. The number of hydrogen-bond acceptors (Lipinski definition) is 3. The van der Waals surface area contributed by atoms with Crippen molar-refractivity contribution in [3.8, 4) is 0 Å². The lowest BCUT2D eigenvalue weighted by Gasteiger charge is -2.04. The number of nitrogens with one attached hydrogen (secondary N) is 1. The Morgan fingerprint density at radius 3 is 3.00 bits per heavy atom. The minimum absolute atomic E-state index is 0.0559. The van der Waals surface area contributed by atoms with Crippen LogP contribution in [0, 0.1) is 6.92 Å². The van der Waals surface area contributed by atoms with E-state index in [1.165, 1.54) is 11.3 Å². The third-order valence-electron chi connectivity index (χ3n) is 2.27. The monoisotopic (exact) mass is 266 g/mol. The van der Waals surface area contributed by atoms with E-state index in [0.717, 1.165) is 10.6 Å². The van der Waals surface area contributed by atoms with Gasteiger partial charge in [-0.05, 0) is 25.1 Å². The molecule has 17 heavy (non-hydrogen) atoms. The van der Waals surface area contributed by atoms with Crippen molar-refractivity contribution in [2.45, 2.75) is 13.3 Å². The van der Waals surface area contributed by atoms with E-state index in [2.05, 4.69) is 10.3 Å². The van der Waals surface area contributed by atoms with Gasteiger partial charge in [-0.3, -0.25) is 4.79 Å². The lowest BCUT2D eigenvalue weighted by atomic mass is 10.2. The van der Waals surface area contributed by atoms with Crippen molar-refractivity contribution >= 4 is 34.5 Å². The van der Waals surface area contributed by atoms with Gasteiger partial charge in [0.2, 0.25) is 5.91 Å². The first-order valence-electron chi connectivity index (χ1n) is 5.09. The third-order valence-corrected chi connectivity index (χ3v) is 3.44. The van der Waals surface area contributed by atoms with E-state index < -0.39 is 0 Å². The number of rotatable bonds is 3. The summed E-state index contributed by atoms with van der Waals surface area (Å²) in [5.74, 6) is -0.0559. The fourth-order valence-corrected chi connectivity index (χ4v) is 2.38. The molecule has 5 heteroatoms. The molecule has 0 unspecified atom stereocenters. The molecule has 1 amide bonds. The zero-order valence-electron chi connectivity index (χ0n) is 9.24. The zero-order chi connectivity index (χ0) is 12.3. The number of aromatic nitrogens is 1. The van der Waals surface area contributed by atoms with E-state index in [9.17, 15) is 4.79 Å². The Bertz CT molecular complexity index is 539. The quantitative estimate of drug-likeness (QED) is 0.926. The molecule has 0 aliphatic carbocycles. The molecular formula is C12H11ClN2OS. The molecule has 0 radical (unpaired) electrons. The molecule has 1 N–H and O–H groups in total. The van der Waals surface area contributed by atoms with E-state index in [1.54, 1.807) is 23.7 Å². The molecule has 0 atom stereocenters. The second-order valence-electron chi connectivity index (χ2n) is 3.60. The first kappa shape index (κ1) is 12.1. The number of halogens is 1. The highest BCUT2D eigenvalue weighted by molar-refractivity contribution is 7.09. The summed E-state index contributed by atoms with van der Waals surface area (Å²) in [5, 5.41) is 3.41. The van der Waals surface area contributed by atoms with Crippen LogP contribution in [0.2, 0.25) is 5.02 Å². The SMILES string of the molecule is Cc1ncsc1CC(=O)Nc1cccc(Cl)c1. The maximum Gasteiger partial charge on any atom is 0.229 e. The Kier molecular flexibility index (Phi) is 3.76. The molecule has 0 aliphatic heterocycles. The molecule has 3 nitrogen and oxygen atoms in total. The van der Waals surface area contributed by atoms with Crippen LogP contribution in [0.25, 0.3) is 0 Å². The van der Waals surface area contributed by atoms with Gasteiger partial charge in [0.15, 0.2) is 0 Å². The van der Waals surface area contributed by atoms with Gasteiger partial charge in [0, 0.05) is 15.6 Å². The van der Waals surface area contributed by atoms with Crippen molar-refractivity contribution < 1.29 is 4.79 Å². The molecule has 2 aromatic rings. The molecule has 0 saturated carbocycles. The van der Waals surface area contributed by atoms with Crippen LogP contribution in [0.5, 0.6) is 0 Å². The van der Waals surface area contributed by atoms with Crippen molar-refractivity contribution in [2.75, 3.05) is 5.32 Å². The highest BCUT2D eigenvalue weighted by atomic mass is 35.5. The van der Waals surface area contributed by atoms with Crippen molar-refractivity contribution in [1.29, 1.82) is 0 Å². The smallest absolute Gasteiger partial charge is 0.229 e. The van der Waals surface area contributed by atoms with Crippen LogP contribution in [0.3, 0.4) is 0 Å².